The van der Waals surface area contributed by atoms with Gasteiger partial charge in [-0.1, -0.05) is 0 Å². The van der Waals surface area contributed by atoms with Gasteiger partial charge in [-0.05, 0) is 13.0 Å². The molecule has 2 heterocycles. The summed E-state index contributed by atoms with van der Waals surface area (Å²) in [6, 6.07) is 0.592. The minimum atomic E-state index is -1.18. The summed E-state index contributed by atoms with van der Waals surface area (Å²) >= 11 is 0. The van der Waals surface area contributed by atoms with Crippen molar-refractivity contribution in [1.82, 2.24) is 9.88 Å². The molecule has 2 aromatic rings. The summed E-state index contributed by atoms with van der Waals surface area (Å²) < 4.78 is 34.3. The summed E-state index contributed by atoms with van der Waals surface area (Å²) in [6.07, 6.45) is 1.36. The fourth-order valence-electron chi connectivity index (χ4n) is 2.49. The molecular weight excluding hydrogens is 282 g/mol. The van der Waals surface area contributed by atoms with E-state index >= 15 is 0 Å². The van der Waals surface area contributed by atoms with E-state index < -0.39 is 23.0 Å². The first kappa shape index (κ1) is 13.5. The number of nitrogens with zero attached hydrogens (tertiary/aromatic N) is 1. The molecule has 1 amide bonds. The molecule has 7 heteroatoms. The van der Waals surface area contributed by atoms with Crippen molar-refractivity contribution in [3.8, 4) is 5.75 Å². The average Bonchev–Trinajstić information content (AvgIpc) is 2.47. The Kier molecular flexibility index (Phi) is 2.93. The lowest BCUT2D eigenvalue weighted by Crippen LogP contribution is -2.30. The van der Waals surface area contributed by atoms with E-state index in [9.17, 15) is 18.4 Å². The van der Waals surface area contributed by atoms with Gasteiger partial charge in [-0.3, -0.25) is 9.59 Å². The monoisotopic (exact) mass is 294 g/mol. The molecule has 0 aliphatic carbocycles. The highest BCUT2D eigenvalue weighted by molar-refractivity contribution is 5.98. The van der Waals surface area contributed by atoms with Gasteiger partial charge in [-0.2, -0.15) is 4.39 Å². The van der Waals surface area contributed by atoms with Gasteiger partial charge in [0.25, 0.3) is 5.91 Å². The van der Waals surface area contributed by atoms with Gasteiger partial charge < -0.3 is 14.6 Å². The summed E-state index contributed by atoms with van der Waals surface area (Å²) in [4.78, 5) is 24.1. The number of carbonyl (C=O) groups excluding carboxylic acids is 1. The number of amides is 1. The number of benzene rings is 1. The van der Waals surface area contributed by atoms with Crippen molar-refractivity contribution in [3.63, 3.8) is 0 Å². The molecule has 1 aromatic heterocycles. The molecule has 0 radical (unpaired) electrons. The molecule has 0 spiro atoms. The number of aromatic nitrogens is 1. The summed E-state index contributed by atoms with van der Waals surface area (Å²) in [5.74, 6) is -3.17. The van der Waals surface area contributed by atoms with Crippen molar-refractivity contribution in [2.45, 2.75) is 13.0 Å². The van der Waals surface area contributed by atoms with Crippen LogP contribution in [0.25, 0.3) is 10.9 Å². The number of hydrogen-bond acceptors (Lipinski definition) is 3. The van der Waals surface area contributed by atoms with E-state index in [0.29, 0.717) is 0 Å². The van der Waals surface area contributed by atoms with Gasteiger partial charge in [-0.15, -0.1) is 0 Å². The molecule has 1 aromatic carbocycles. The normalized spacial score (nSPS) is 16.7. The second-order valence-corrected chi connectivity index (χ2v) is 4.92. The van der Waals surface area contributed by atoms with Crippen LogP contribution in [0.2, 0.25) is 0 Å². The first-order valence-corrected chi connectivity index (χ1v) is 6.37. The lowest BCUT2D eigenvalue weighted by atomic mass is 10.1. The van der Waals surface area contributed by atoms with Crippen LogP contribution in [-0.2, 0) is 0 Å². The highest BCUT2D eigenvalue weighted by atomic mass is 19.2. The fourth-order valence-corrected chi connectivity index (χ4v) is 2.49. The van der Waals surface area contributed by atoms with Crippen LogP contribution in [-0.4, -0.2) is 24.1 Å². The molecule has 110 valence electrons. The van der Waals surface area contributed by atoms with Gasteiger partial charge in [-0.25, -0.2) is 4.39 Å². The van der Waals surface area contributed by atoms with Gasteiger partial charge in [0.2, 0.25) is 11.2 Å². The Hall–Kier alpha value is -2.44. The van der Waals surface area contributed by atoms with Crippen LogP contribution in [0.5, 0.6) is 5.75 Å². The largest absolute Gasteiger partial charge is 0.486 e. The van der Waals surface area contributed by atoms with Gasteiger partial charge >= 0.3 is 0 Å². The summed E-state index contributed by atoms with van der Waals surface area (Å²) in [6.45, 7) is 1.92. The van der Waals surface area contributed by atoms with Crippen LogP contribution in [0.4, 0.5) is 8.78 Å². The maximum Gasteiger partial charge on any atom is 0.256 e. The zero-order chi connectivity index (χ0) is 15.3. The molecule has 3 rings (SSSR count). The molecule has 0 unspecified atom stereocenters. The Bertz CT molecular complexity index is 829. The molecule has 5 nitrogen and oxygen atoms in total. The molecule has 0 saturated carbocycles. The minimum Gasteiger partial charge on any atom is -0.486 e. The lowest BCUT2D eigenvalue weighted by molar-refractivity contribution is 0.0961. The fraction of sp³-hybridized carbons (Fsp3) is 0.286. The Balaban J connectivity index is 2.51. The maximum absolute atomic E-state index is 13.8. The van der Waals surface area contributed by atoms with Crippen LogP contribution in [0.1, 0.15) is 23.3 Å². The zero-order valence-corrected chi connectivity index (χ0v) is 11.4. The Morgan fingerprint density at radius 3 is 2.86 bits per heavy atom. The zero-order valence-electron chi connectivity index (χ0n) is 11.4. The number of ether oxygens (including phenoxy) is 1. The molecular formula is C14H12F2N2O3. The highest BCUT2D eigenvalue weighted by Gasteiger charge is 2.27. The Morgan fingerprint density at radius 1 is 1.48 bits per heavy atom. The maximum atomic E-state index is 13.8. The average molecular weight is 294 g/mol. The van der Waals surface area contributed by atoms with Crippen molar-refractivity contribution >= 4 is 16.8 Å². The summed E-state index contributed by atoms with van der Waals surface area (Å²) in [5.41, 5.74) is -0.598. The highest BCUT2D eigenvalue weighted by Crippen LogP contribution is 2.35. The van der Waals surface area contributed by atoms with E-state index in [1.165, 1.54) is 13.2 Å². The number of carbonyl (C=O) groups is 1. The number of hydrogen-bond donors (Lipinski definition) is 1. The Morgan fingerprint density at radius 2 is 2.19 bits per heavy atom. The van der Waals surface area contributed by atoms with Crippen LogP contribution in [0, 0.1) is 11.6 Å². The van der Waals surface area contributed by atoms with Crippen LogP contribution in [0.3, 0.4) is 0 Å². The quantitative estimate of drug-likeness (QED) is 0.869. The number of nitrogens with one attached hydrogen (secondary N) is 1. The number of pyridine rings is 1. The molecule has 1 atom stereocenters. The number of rotatable bonds is 1. The third-order valence-electron chi connectivity index (χ3n) is 3.58. The van der Waals surface area contributed by atoms with Crippen molar-refractivity contribution in [3.05, 3.63) is 39.7 Å². The molecule has 1 aliphatic rings. The van der Waals surface area contributed by atoms with E-state index in [4.69, 9.17) is 4.74 Å². The van der Waals surface area contributed by atoms with E-state index in [2.05, 4.69) is 5.32 Å². The lowest BCUT2D eigenvalue weighted by Gasteiger charge is -2.27. The third kappa shape index (κ3) is 1.80. The van der Waals surface area contributed by atoms with Crippen molar-refractivity contribution in [2.24, 2.45) is 0 Å². The van der Waals surface area contributed by atoms with Gasteiger partial charge in [0.1, 0.15) is 12.2 Å². The van der Waals surface area contributed by atoms with Crippen molar-refractivity contribution in [2.75, 3.05) is 13.7 Å². The van der Waals surface area contributed by atoms with E-state index in [1.54, 1.807) is 11.5 Å². The van der Waals surface area contributed by atoms with Crippen LogP contribution >= 0.6 is 0 Å². The molecule has 0 fully saturated rings. The minimum absolute atomic E-state index is 0.0726. The SMILES string of the molecule is CNC(=O)c1cn2c3c(c(F)c(F)cc3c1=O)OC[C@@H]2C. The smallest absolute Gasteiger partial charge is 0.256 e. The van der Waals surface area contributed by atoms with Gasteiger partial charge in [0.15, 0.2) is 11.6 Å². The molecule has 1 N–H and O–H groups in total. The summed E-state index contributed by atoms with van der Waals surface area (Å²) in [7, 11) is 1.39. The second-order valence-electron chi connectivity index (χ2n) is 4.92. The van der Waals surface area contributed by atoms with E-state index in [1.807, 2.05) is 0 Å². The van der Waals surface area contributed by atoms with Crippen LogP contribution < -0.4 is 15.5 Å². The predicted molar refractivity (Wildman–Crippen MR) is 71.7 cm³/mol. The second kappa shape index (κ2) is 4.54. The Labute approximate surface area is 118 Å². The van der Waals surface area contributed by atoms with Crippen LogP contribution in [0.15, 0.2) is 17.1 Å². The molecule has 21 heavy (non-hydrogen) atoms. The molecule has 0 bridgehead atoms. The van der Waals surface area contributed by atoms with Crippen molar-refractivity contribution in [1.29, 1.82) is 0 Å². The first-order chi connectivity index (χ1) is 9.95. The van der Waals surface area contributed by atoms with E-state index in [-0.39, 0.29) is 34.9 Å². The predicted octanol–water partition coefficient (Wildman–Crippen LogP) is 1.59. The van der Waals surface area contributed by atoms with Crippen molar-refractivity contribution < 1.29 is 18.3 Å². The molecule has 1 aliphatic heterocycles. The standard InChI is InChI=1S/C14H12F2N2O3/c1-6-5-21-13-10(16)9(15)3-7-11(13)18(6)4-8(12(7)19)14(20)17-2/h3-4,6H,5H2,1-2H3,(H,17,20)/t6-/m0/s1. The topological polar surface area (TPSA) is 60.3 Å². The molecule has 0 saturated heterocycles. The summed E-state index contributed by atoms with van der Waals surface area (Å²) in [5, 5.41) is 2.29. The van der Waals surface area contributed by atoms with Gasteiger partial charge in [0, 0.05) is 13.2 Å². The first-order valence-electron chi connectivity index (χ1n) is 6.37. The van der Waals surface area contributed by atoms with E-state index in [0.717, 1.165) is 6.07 Å². The number of halogens is 2. The van der Waals surface area contributed by atoms with Gasteiger partial charge in [0.05, 0.1) is 16.9 Å². The third-order valence-corrected chi connectivity index (χ3v) is 3.58.